The third-order valence-corrected chi connectivity index (χ3v) is 5.21. The molecule has 2 fully saturated rings. The normalized spacial score (nSPS) is 30.4. The van der Waals surface area contributed by atoms with Crippen LogP contribution in [0.5, 0.6) is 0 Å². The summed E-state index contributed by atoms with van der Waals surface area (Å²) in [6.45, 7) is 3.36. The maximum Gasteiger partial charge on any atom is 0.0426 e. The highest BCUT2D eigenvalue weighted by molar-refractivity contribution is 6.30. The third kappa shape index (κ3) is 3.12. The molecule has 2 aliphatic rings. The summed E-state index contributed by atoms with van der Waals surface area (Å²) < 4.78 is 0. The second-order valence-corrected chi connectivity index (χ2v) is 6.80. The summed E-state index contributed by atoms with van der Waals surface area (Å²) in [6.07, 6.45) is 8.06. The Bertz CT molecular complexity index is 454. The largest absolute Gasteiger partial charge is 0.382 e. The van der Waals surface area contributed by atoms with E-state index in [1.54, 1.807) is 0 Å². The molecule has 1 aliphatic carbocycles. The highest BCUT2D eigenvalue weighted by atomic mass is 35.5. The van der Waals surface area contributed by atoms with Gasteiger partial charge in [0.05, 0.1) is 0 Å². The van der Waals surface area contributed by atoms with Gasteiger partial charge in [-0.15, -0.1) is 0 Å². The second kappa shape index (κ2) is 6.36. The Morgan fingerprint density at radius 3 is 2.80 bits per heavy atom. The van der Waals surface area contributed by atoms with Crippen molar-refractivity contribution in [3.05, 3.63) is 28.8 Å². The molecule has 0 bridgehead atoms. The Kier molecular flexibility index (Phi) is 4.52. The lowest BCUT2D eigenvalue weighted by molar-refractivity contribution is 0.262. The molecule has 1 aliphatic heterocycles. The Hall–Kier alpha value is -0.730. The van der Waals surface area contributed by atoms with Crippen molar-refractivity contribution in [2.24, 2.45) is 5.92 Å². The van der Waals surface area contributed by atoms with Crippen molar-refractivity contribution in [1.82, 2.24) is 5.32 Å². The molecule has 0 aromatic heterocycles. The molecule has 1 heterocycles. The number of rotatable bonds is 3. The molecule has 3 atom stereocenters. The van der Waals surface area contributed by atoms with Gasteiger partial charge in [-0.3, -0.25) is 0 Å². The van der Waals surface area contributed by atoms with Crippen LogP contribution in [-0.2, 0) is 0 Å². The van der Waals surface area contributed by atoms with E-state index in [1.165, 1.54) is 56.3 Å². The van der Waals surface area contributed by atoms with Crippen LogP contribution in [0.3, 0.4) is 0 Å². The van der Waals surface area contributed by atoms with Gasteiger partial charge >= 0.3 is 0 Å². The molecular weight excluding hydrogens is 268 g/mol. The SMILES string of the molecule is Cc1ccc(Cl)cc1NC1CCCCC1C1CCCN1. The van der Waals surface area contributed by atoms with Gasteiger partial charge in [-0.05, 0) is 62.8 Å². The molecule has 1 aromatic rings. The topological polar surface area (TPSA) is 24.1 Å². The van der Waals surface area contributed by atoms with E-state index in [-0.39, 0.29) is 0 Å². The van der Waals surface area contributed by atoms with E-state index < -0.39 is 0 Å². The molecule has 1 saturated carbocycles. The molecule has 0 amide bonds. The van der Waals surface area contributed by atoms with E-state index in [4.69, 9.17) is 11.6 Å². The first-order valence-corrected chi connectivity index (χ1v) is 8.38. The number of halogens is 1. The predicted octanol–water partition coefficient (Wildman–Crippen LogP) is 4.37. The van der Waals surface area contributed by atoms with Crippen LogP contribution >= 0.6 is 11.6 Å². The standard InChI is InChI=1S/C17H25ClN2/c1-12-8-9-13(18)11-17(12)20-16-6-3-2-5-14(16)15-7-4-10-19-15/h8-9,11,14-16,19-20H,2-7,10H2,1H3. The monoisotopic (exact) mass is 292 g/mol. The fourth-order valence-corrected chi connectivity index (χ4v) is 4.02. The van der Waals surface area contributed by atoms with E-state index in [1.807, 2.05) is 6.07 Å². The van der Waals surface area contributed by atoms with Crippen molar-refractivity contribution in [2.75, 3.05) is 11.9 Å². The fraction of sp³-hybridized carbons (Fsp3) is 0.647. The summed E-state index contributed by atoms with van der Waals surface area (Å²) in [5.41, 5.74) is 2.51. The van der Waals surface area contributed by atoms with E-state index in [0.29, 0.717) is 12.1 Å². The first-order valence-electron chi connectivity index (χ1n) is 8.00. The molecule has 0 spiro atoms. The van der Waals surface area contributed by atoms with Crippen LogP contribution in [0, 0.1) is 12.8 Å². The van der Waals surface area contributed by atoms with Crippen molar-refractivity contribution in [1.29, 1.82) is 0 Å². The molecule has 3 heteroatoms. The van der Waals surface area contributed by atoms with Crippen LogP contribution in [-0.4, -0.2) is 18.6 Å². The van der Waals surface area contributed by atoms with Crippen LogP contribution in [0.25, 0.3) is 0 Å². The summed E-state index contributed by atoms with van der Waals surface area (Å²) in [5, 5.41) is 8.32. The lowest BCUT2D eigenvalue weighted by Gasteiger charge is -2.37. The van der Waals surface area contributed by atoms with Crippen molar-refractivity contribution in [3.8, 4) is 0 Å². The Labute approximate surface area is 127 Å². The van der Waals surface area contributed by atoms with Crippen LogP contribution in [0.2, 0.25) is 5.02 Å². The summed E-state index contributed by atoms with van der Waals surface area (Å²) in [6, 6.07) is 7.46. The number of anilines is 1. The minimum Gasteiger partial charge on any atom is -0.382 e. The van der Waals surface area contributed by atoms with Crippen molar-refractivity contribution < 1.29 is 0 Å². The molecule has 20 heavy (non-hydrogen) atoms. The van der Waals surface area contributed by atoms with Crippen molar-refractivity contribution >= 4 is 17.3 Å². The van der Waals surface area contributed by atoms with Gasteiger partial charge in [0.15, 0.2) is 0 Å². The fourth-order valence-electron chi connectivity index (χ4n) is 3.85. The van der Waals surface area contributed by atoms with Gasteiger partial charge in [-0.25, -0.2) is 0 Å². The van der Waals surface area contributed by atoms with Crippen LogP contribution in [0.4, 0.5) is 5.69 Å². The number of aryl methyl sites for hydroxylation is 1. The lowest BCUT2D eigenvalue weighted by Crippen LogP contribution is -2.43. The smallest absolute Gasteiger partial charge is 0.0426 e. The minimum absolute atomic E-state index is 0.594. The summed E-state index contributed by atoms with van der Waals surface area (Å²) in [7, 11) is 0. The van der Waals surface area contributed by atoms with Gasteiger partial charge < -0.3 is 10.6 Å². The maximum absolute atomic E-state index is 6.15. The molecule has 1 aromatic carbocycles. The van der Waals surface area contributed by atoms with Crippen LogP contribution in [0.1, 0.15) is 44.1 Å². The zero-order valence-electron chi connectivity index (χ0n) is 12.3. The highest BCUT2D eigenvalue weighted by Gasteiger charge is 2.33. The molecule has 110 valence electrons. The predicted molar refractivity (Wildman–Crippen MR) is 86.6 cm³/mol. The van der Waals surface area contributed by atoms with Crippen molar-refractivity contribution in [3.63, 3.8) is 0 Å². The summed E-state index contributed by atoms with van der Waals surface area (Å²) in [5.74, 6) is 0.768. The third-order valence-electron chi connectivity index (χ3n) is 4.98. The van der Waals surface area contributed by atoms with E-state index in [0.717, 1.165) is 10.9 Å². The van der Waals surface area contributed by atoms with Crippen LogP contribution < -0.4 is 10.6 Å². The number of nitrogens with one attached hydrogen (secondary N) is 2. The molecule has 2 N–H and O–H groups in total. The number of hydrogen-bond acceptors (Lipinski definition) is 2. The van der Waals surface area contributed by atoms with Gasteiger partial charge in [0.1, 0.15) is 0 Å². The molecule has 2 nitrogen and oxygen atoms in total. The quantitative estimate of drug-likeness (QED) is 0.864. The number of benzene rings is 1. The summed E-state index contributed by atoms with van der Waals surface area (Å²) in [4.78, 5) is 0. The average molecular weight is 293 g/mol. The van der Waals surface area contributed by atoms with E-state index >= 15 is 0 Å². The average Bonchev–Trinajstić information content (AvgIpc) is 2.97. The minimum atomic E-state index is 0.594. The van der Waals surface area contributed by atoms with E-state index in [9.17, 15) is 0 Å². The highest BCUT2D eigenvalue weighted by Crippen LogP contribution is 2.33. The maximum atomic E-state index is 6.15. The second-order valence-electron chi connectivity index (χ2n) is 6.36. The Balaban J connectivity index is 1.74. The van der Waals surface area contributed by atoms with Gasteiger partial charge in [-0.2, -0.15) is 0 Å². The molecule has 1 saturated heterocycles. The first kappa shape index (κ1) is 14.2. The van der Waals surface area contributed by atoms with Crippen molar-refractivity contribution in [2.45, 2.75) is 57.5 Å². The molecule has 3 rings (SSSR count). The molecule has 3 unspecified atom stereocenters. The Morgan fingerprint density at radius 1 is 1.15 bits per heavy atom. The van der Waals surface area contributed by atoms with Gasteiger partial charge in [0, 0.05) is 22.8 Å². The zero-order valence-corrected chi connectivity index (χ0v) is 13.0. The molecule has 0 radical (unpaired) electrons. The lowest BCUT2D eigenvalue weighted by atomic mass is 9.79. The van der Waals surface area contributed by atoms with Crippen LogP contribution in [0.15, 0.2) is 18.2 Å². The summed E-state index contributed by atoms with van der Waals surface area (Å²) >= 11 is 6.15. The first-order chi connectivity index (χ1) is 9.74. The van der Waals surface area contributed by atoms with E-state index in [2.05, 4.69) is 29.7 Å². The zero-order chi connectivity index (χ0) is 13.9. The number of hydrogen-bond donors (Lipinski definition) is 2. The Morgan fingerprint density at radius 2 is 2.00 bits per heavy atom. The van der Waals surface area contributed by atoms with Gasteiger partial charge in [0.25, 0.3) is 0 Å². The molecular formula is C17H25ClN2. The van der Waals surface area contributed by atoms with Gasteiger partial charge in [0.2, 0.25) is 0 Å². The van der Waals surface area contributed by atoms with Gasteiger partial charge in [-0.1, -0.05) is 30.5 Å².